The van der Waals surface area contributed by atoms with E-state index in [2.05, 4.69) is 18.2 Å². The van der Waals surface area contributed by atoms with Crippen LogP contribution in [-0.4, -0.2) is 42.7 Å². The number of esters is 2. The number of hydrogen-bond acceptors (Lipinski definition) is 9. The molecule has 0 spiro atoms. The number of anilines is 1. The number of methoxy groups -OCH3 is 1. The highest BCUT2D eigenvalue weighted by atomic mass is 32.1. The lowest BCUT2D eigenvalue weighted by atomic mass is 9.95. The lowest BCUT2D eigenvalue weighted by molar-refractivity contribution is -0.138. The topological polar surface area (TPSA) is 117 Å². The van der Waals surface area contributed by atoms with E-state index in [1.165, 1.54) is 30.7 Å². The summed E-state index contributed by atoms with van der Waals surface area (Å²) in [5.41, 5.74) is 2.03. The highest BCUT2D eigenvalue weighted by Crippen LogP contribution is 2.37. The Balaban J connectivity index is 1.79. The number of ether oxygens (including phenoxy) is 3. The van der Waals surface area contributed by atoms with Crippen molar-refractivity contribution in [1.82, 2.24) is 4.57 Å². The number of carbonyl (C=O) groups excluding carboxylic acids is 3. The fourth-order valence-corrected chi connectivity index (χ4v) is 6.20. The number of aromatic nitrogens is 1. The summed E-state index contributed by atoms with van der Waals surface area (Å²) in [7, 11) is 1.41. The lowest BCUT2D eigenvalue weighted by Gasteiger charge is -2.25. The first-order valence-corrected chi connectivity index (χ1v) is 13.7. The Morgan fingerprint density at radius 2 is 1.86 bits per heavy atom. The van der Waals surface area contributed by atoms with Gasteiger partial charge in [0.25, 0.3) is 11.5 Å². The Labute approximate surface area is 244 Å². The number of nitrogens with zero attached hydrogens (tertiary/aromatic N) is 3. The SMILES string of the molecule is C=CCOC(=O)C1=C(C)N=c2sc(=C3C(=O)N(CC=C)c4ccccc43)c(=O)n2C1c1ccc(OC(C)=O)c(OC)c1. The largest absolute Gasteiger partial charge is 0.493 e. The first kappa shape index (κ1) is 28.5. The zero-order valence-electron chi connectivity index (χ0n) is 23.2. The number of allylic oxidation sites excluding steroid dienone is 1. The Hall–Kier alpha value is -5.03. The van der Waals surface area contributed by atoms with E-state index < -0.39 is 23.5 Å². The van der Waals surface area contributed by atoms with Crippen LogP contribution in [0.3, 0.4) is 0 Å². The van der Waals surface area contributed by atoms with E-state index in [-0.39, 0.29) is 46.2 Å². The van der Waals surface area contributed by atoms with Crippen LogP contribution in [0.25, 0.3) is 5.57 Å². The van der Waals surface area contributed by atoms with Gasteiger partial charge in [0.2, 0.25) is 0 Å². The average molecular weight is 586 g/mol. The van der Waals surface area contributed by atoms with Crippen LogP contribution in [0, 0.1) is 0 Å². The van der Waals surface area contributed by atoms with Gasteiger partial charge in [-0.25, -0.2) is 9.79 Å². The predicted molar refractivity (Wildman–Crippen MR) is 157 cm³/mol. The van der Waals surface area contributed by atoms with Gasteiger partial charge in [0.1, 0.15) is 11.1 Å². The van der Waals surface area contributed by atoms with Crippen molar-refractivity contribution in [1.29, 1.82) is 0 Å². The van der Waals surface area contributed by atoms with E-state index in [9.17, 15) is 19.2 Å². The summed E-state index contributed by atoms with van der Waals surface area (Å²) in [6.07, 6.45) is 3.06. The molecule has 5 rings (SSSR count). The normalized spacial score (nSPS) is 16.8. The summed E-state index contributed by atoms with van der Waals surface area (Å²) in [4.78, 5) is 59.4. The van der Waals surface area contributed by atoms with E-state index >= 15 is 0 Å². The molecular weight excluding hydrogens is 558 g/mol. The van der Waals surface area contributed by atoms with Gasteiger partial charge in [0.05, 0.1) is 35.7 Å². The average Bonchev–Trinajstić information content (AvgIpc) is 3.43. The van der Waals surface area contributed by atoms with Crippen molar-refractivity contribution in [3.8, 4) is 11.5 Å². The smallest absolute Gasteiger partial charge is 0.338 e. The van der Waals surface area contributed by atoms with Crippen molar-refractivity contribution in [2.45, 2.75) is 19.9 Å². The minimum absolute atomic E-state index is 0.0456. The molecule has 0 aliphatic carbocycles. The first-order chi connectivity index (χ1) is 20.2. The van der Waals surface area contributed by atoms with E-state index in [1.54, 1.807) is 42.2 Å². The summed E-state index contributed by atoms with van der Waals surface area (Å²) in [5.74, 6) is -1.14. The molecule has 3 aromatic rings. The highest BCUT2D eigenvalue weighted by Gasteiger charge is 2.37. The third-order valence-corrected chi connectivity index (χ3v) is 7.82. The quantitative estimate of drug-likeness (QED) is 0.227. The molecule has 11 heteroatoms. The number of hydrogen-bond donors (Lipinski definition) is 0. The molecule has 0 fully saturated rings. The molecular formula is C31H27N3O7S. The molecule has 2 aromatic carbocycles. The van der Waals surface area contributed by atoms with Gasteiger partial charge in [0, 0.05) is 19.0 Å². The van der Waals surface area contributed by atoms with Gasteiger partial charge in [-0.15, -0.1) is 6.58 Å². The molecule has 42 heavy (non-hydrogen) atoms. The molecule has 0 saturated carbocycles. The van der Waals surface area contributed by atoms with Crippen molar-refractivity contribution in [3.05, 3.63) is 110 Å². The third-order valence-electron chi connectivity index (χ3n) is 6.77. The fraction of sp³-hybridized carbons (Fsp3) is 0.194. The number of para-hydroxylation sites is 1. The minimum atomic E-state index is -0.982. The molecule has 10 nitrogen and oxygen atoms in total. The van der Waals surface area contributed by atoms with Crippen LogP contribution < -0.4 is 29.3 Å². The zero-order valence-corrected chi connectivity index (χ0v) is 24.0. The summed E-state index contributed by atoms with van der Waals surface area (Å²) in [6, 6.07) is 11.0. The molecule has 2 aliphatic heterocycles. The van der Waals surface area contributed by atoms with Gasteiger partial charge in [-0.05, 0) is 30.7 Å². The number of carbonyl (C=O) groups is 3. The van der Waals surface area contributed by atoms with Crippen LogP contribution in [-0.2, 0) is 19.1 Å². The summed E-state index contributed by atoms with van der Waals surface area (Å²) < 4.78 is 17.7. The van der Waals surface area contributed by atoms with E-state index in [0.29, 0.717) is 27.3 Å². The molecule has 1 atom stereocenters. The Morgan fingerprint density at radius 1 is 1.10 bits per heavy atom. The second-order valence-corrected chi connectivity index (χ2v) is 10.4. The van der Waals surface area contributed by atoms with Crippen LogP contribution in [0.5, 0.6) is 11.5 Å². The van der Waals surface area contributed by atoms with Gasteiger partial charge in [-0.3, -0.25) is 19.0 Å². The molecule has 1 aromatic heterocycles. The molecule has 0 bridgehead atoms. The summed E-state index contributed by atoms with van der Waals surface area (Å²) in [5, 5.41) is 0. The van der Waals surface area contributed by atoms with Gasteiger partial charge >= 0.3 is 11.9 Å². The van der Waals surface area contributed by atoms with Crippen LogP contribution in [0.2, 0.25) is 0 Å². The van der Waals surface area contributed by atoms with Crippen molar-refractivity contribution in [2.24, 2.45) is 4.99 Å². The maximum atomic E-state index is 14.3. The minimum Gasteiger partial charge on any atom is -0.493 e. The van der Waals surface area contributed by atoms with Crippen molar-refractivity contribution < 1.29 is 28.6 Å². The predicted octanol–water partition coefficient (Wildman–Crippen LogP) is 2.80. The van der Waals surface area contributed by atoms with Crippen molar-refractivity contribution in [3.63, 3.8) is 0 Å². The van der Waals surface area contributed by atoms with Gasteiger partial charge < -0.3 is 19.1 Å². The number of benzene rings is 2. The van der Waals surface area contributed by atoms with Crippen LogP contribution in [0.4, 0.5) is 5.69 Å². The van der Waals surface area contributed by atoms with Crippen molar-refractivity contribution >= 4 is 40.4 Å². The lowest BCUT2D eigenvalue weighted by Crippen LogP contribution is -2.41. The zero-order chi connectivity index (χ0) is 30.1. The van der Waals surface area contributed by atoms with E-state index in [0.717, 1.165) is 11.3 Å². The molecule has 3 heterocycles. The summed E-state index contributed by atoms with van der Waals surface area (Å²) in [6.45, 7) is 10.5. The van der Waals surface area contributed by atoms with Gasteiger partial charge in [-0.2, -0.15) is 0 Å². The summed E-state index contributed by atoms with van der Waals surface area (Å²) >= 11 is 1.07. The molecule has 214 valence electrons. The Kier molecular flexibility index (Phi) is 7.77. The number of fused-ring (bicyclic) bond motifs is 2. The highest BCUT2D eigenvalue weighted by molar-refractivity contribution is 7.07. The molecule has 0 saturated heterocycles. The maximum absolute atomic E-state index is 14.3. The number of rotatable bonds is 8. The van der Waals surface area contributed by atoms with E-state index in [4.69, 9.17) is 14.2 Å². The van der Waals surface area contributed by atoms with Crippen LogP contribution in [0.15, 0.2) is 88.8 Å². The van der Waals surface area contributed by atoms with Crippen LogP contribution in [0.1, 0.15) is 31.0 Å². The standard InChI is InChI=1S/C31H27N3O7S/c1-6-14-33-21-11-9-8-10-20(21)25(28(33)36)27-29(37)34-26(19-12-13-22(41-18(4)35)23(16-19)39-5)24(30(38)40-15-7-2)17(3)32-31(34)42-27/h6-13,16,26H,1-2,14-15H2,3-5H3. The first-order valence-electron chi connectivity index (χ1n) is 12.9. The third kappa shape index (κ3) is 4.77. The van der Waals surface area contributed by atoms with Crippen molar-refractivity contribution in [2.75, 3.05) is 25.2 Å². The van der Waals surface area contributed by atoms with Crippen LogP contribution >= 0.6 is 11.3 Å². The Morgan fingerprint density at radius 3 is 2.55 bits per heavy atom. The number of amides is 1. The Bertz CT molecular complexity index is 1880. The number of thiazole rings is 1. The van der Waals surface area contributed by atoms with E-state index in [1.807, 2.05) is 12.1 Å². The second kappa shape index (κ2) is 11.5. The van der Waals surface area contributed by atoms with Gasteiger partial charge in [0.15, 0.2) is 16.3 Å². The fourth-order valence-electron chi connectivity index (χ4n) is 5.06. The molecule has 2 aliphatic rings. The maximum Gasteiger partial charge on any atom is 0.338 e. The molecule has 1 unspecified atom stereocenters. The monoisotopic (exact) mass is 585 g/mol. The second-order valence-electron chi connectivity index (χ2n) is 9.39. The molecule has 1 amide bonds. The molecule has 0 N–H and O–H groups in total. The molecule has 0 radical (unpaired) electrons. The van der Waals surface area contributed by atoms with Gasteiger partial charge in [-0.1, -0.05) is 54.3 Å².